The molecular weight excluding hydrogens is 284 g/mol. The van der Waals surface area contributed by atoms with E-state index in [1.54, 1.807) is 0 Å². The second-order valence-electron chi connectivity index (χ2n) is 6.08. The number of ether oxygens (including phenoxy) is 2. The van der Waals surface area contributed by atoms with Gasteiger partial charge < -0.3 is 9.47 Å². The minimum Gasteiger partial charge on any atom is -0.459 e. The Hall–Kier alpha value is -0.0900. The summed E-state index contributed by atoms with van der Waals surface area (Å²) >= 11 is 3.61. The lowest BCUT2D eigenvalue weighted by Gasteiger charge is -2.22. The van der Waals surface area contributed by atoms with Crippen LogP contribution in [-0.2, 0) is 14.3 Å². The molecule has 1 aliphatic rings. The van der Waals surface area contributed by atoms with E-state index >= 15 is 0 Å². The topological polar surface area (TPSA) is 35.5 Å². The van der Waals surface area contributed by atoms with E-state index in [2.05, 4.69) is 29.8 Å². The van der Waals surface area contributed by atoms with Crippen LogP contribution in [0.1, 0.15) is 47.5 Å². The highest BCUT2D eigenvalue weighted by molar-refractivity contribution is 9.09. The SMILES string of the molecule is CC(C)C[C@@H](Br)[C@@H]1C[C@H](OC(C)(C)C)C(=O)O1. The molecule has 1 rings (SSSR count). The third-order valence-electron chi connectivity index (χ3n) is 2.57. The van der Waals surface area contributed by atoms with Crippen molar-refractivity contribution in [1.29, 1.82) is 0 Å². The molecule has 17 heavy (non-hydrogen) atoms. The van der Waals surface area contributed by atoms with E-state index in [-0.39, 0.29) is 22.5 Å². The summed E-state index contributed by atoms with van der Waals surface area (Å²) in [6.07, 6.45) is 1.18. The average molecular weight is 307 g/mol. The number of hydrogen-bond acceptors (Lipinski definition) is 3. The van der Waals surface area contributed by atoms with E-state index in [1.165, 1.54) is 0 Å². The van der Waals surface area contributed by atoms with Gasteiger partial charge in [-0.15, -0.1) is 0 Å². The molecule has 0 bridgehead atoms. The van der Waals surface area contributed by atoms with Crippen LogP contribution >= 0.6 is 15.9 Å². The number of cyclic esters (lactones) is 1. The highest BCUT2D eigenvalue weighted by atomic mass is 79.9. The van der Waals surface area contributed by atoms with E-state index in [4.69, 9.17) is 9.47 Å². The molecule has 1 fully saturated rings. The molecule has 0 radical (unpaired) electrons. The van der Waals surface area contributed by atoms with Crippen LogP contribution in [0, 0.1) is 5.92 Å². The summed E-state index contributed by atoms with van der Waals surface area (Å²) in [7, 11) is 0. The largest absolute Gasteiger partial charge is 0.459 e. The fraction of sp³-hybridized carbons (Fsp3) is 0.923. The van der Waals surface area contributed by atoms with Crippen molar-refractivity contribution >= 4 is 21.9 Å². The molecule has 4 heteroatoms. The molecule has 0 aromatic carbocycles. The molecule has 0 aliphatic carbocycles. The van der Waals surface area contributed by atoms with Crippen LogP contribution in [0.4, 0.5) is 0 Å². The maximum Gasteiger partial charge on any atom is 0.335 e. The zero-order valence-corrected chi connectivity index (χ0v) is 12.9. The molecule has 0 amide bonds. The van der Waals surface area contributed by atoms with Gasteiger partial charge in [0, 0.05) is 6.42 Å². The standard InChI is InChI=1S/C13H23BrO3/c1-8(2)6-9(14)10-7-11(12(15)16-10)17-13(3,4)5/h8-11H,6-7H2,1-5H3/t9-,10+,11+/m1/s1. The van der Waals surface area contributed by atoms with Crippen LogP contribution in [0.15, 0.2) is 0 Å². The number of rotatable bonds is 4. The van der Waals surface area contributed by atoms with E-state index in [1.807, 2.05) is 20.8 Å². The normalized spacial score (nSPS) is 27.4. The van der Waals surface area contributed by atoms with Crippen molar-refractivity contribution in [3.63, 3.8) is 0 Å². The molecule has 1 aliphatic heterocycles. The minimum absolute atomic E-state index is 0.0581. The van der Waals surface area contributed by atoms with Crippen molar-refractivity contribution in [1.82, 2.24) is 0 Å². The Kier molecular flexibility index (Phi) is 5.02. The van der Waals surface area contributed by atoms with Gasteiger partial charge in [0.2, 0.25) is 0 Å². The number of carbonyl (C=O) groups is 1. The van der Waals surface area contributed by atoms with Crippen molar-refractivity contribution in [2.45, 2.75) is 70.1 Å². The van der Waals surface area contributed by atoms with Crippen LogP contribution in [0.5, 0.6) is 0 Å². The Morgan fingerprint density at radius 1 is 1.47 bits per heavy atom. The molecular formula is C13H23BrO3. The molecule has 3 nitrogen and oxygen atoms in total. The number of halogens is 1. The van der Waals surface area contributed by atoms with Crippen LogP contribution in [0.25, 0.3) is 0 Å². The van der Waals surface area contributed by atoms with Gasteiger partial charge in [-0.1, -0.05) is 29.8 Å². The van der Waals surface area contributed by atoms with E-state index in [9.17, 15) is 4.79 Å². The molecule has 0 N–H and O–H groups in total. The molecule has 0 aromatic heterocycles. The summed E-state index contributed by atoms with van der Waals surface area (Å²) < 4.78 is 11.1. The molecule has 3 atom stereocenters. The molecule has 100 valence electrons. The van der Waals surface area contributed by atoms with Crippen LogP contribution in [0.2, 0.25) is 0 Å². The molecule has 1 heterocycles. The first-order chi connectivity index (χ1) is 7.69. The van der Waals surface area contributed by atoms with Gasteiger partial charge in [0.15, 0.2) is 6.10 Å². The van der Waals surface area contributed by atoms with Gasteiger partial charge in [0.25, 0.3) is 0 Å². The van der Waals surface area contributed by atoms with E-state index in [0.29, 0.717) is 12.3 Å². The summed E-state index contributed by atoms with van der Waals surface area (Å²) in [5.74, 6) is 0.360. The van der Waals surface area contributed by atoms with Gasteiger partial charge in [-0.25, -0.2) is 4.79 Å². The molecule has 0 aromatic rings. The Balaban J connectivity index is 2.51. The maximum absolute atomic E-state index is 11.7. The van der Waals surface area contributed by atoms with Gasteiger partial charge in [0.05, 0.1) is 10.4 Å². The number of hydrogen-bond donors (Lipinski definition) is 0. The summed E-state index contributed by atoms with van der Waals surface area (Å²) in [5, 5.41) is 0. The Morgan fingerprint density at radius 2 is 2.06 bits per heavy atom. The van der Waals surface area contributed by atoms with Crippen molar-refractivity contribution in [2.75, 3.05) is 0 Å². The van der Waals surface area contributed by atoms with Crippen LogP contribution in [-0.4, -0.2) is 28.6 Å². The Morgan fingerprint density at radius 3 is 2.53 bits per heavy atom. The van der Waals surface area contributed by atoms with Gasteiger partial charge in [-0.2, -0.15) is 0 Å². The third-order valence-corrected chi connectivity index (χ3v) is 3.54. The molecule has 1 saturated heterocycles. The zero-order chi connectivity index (χ0) is 13.2. The first-order valence-electron chi connectivity index (χ1n) is 6.21. The number of alkyl halides is 1. The van der Waals surface area contributed by atoms with E-state index in [0.717, 1.165) is 6.42 Å². The Bertz CT molecular complexity index is 270. The van der Waals surface area contributed by atoms with Crippen molar-refractivity contribution < 1.29 is 14.3 Å². The zero-order valence-electron chi connectivity index (χ0n) is 11.3. The first-order valence-corrected chi connectivity index (χ1v) is 7.13. The van der Waals surface area contributed by atoms with Crippen molar-refractivity contribution in [3.05, 3.63) is 0 Å². The van der Waals surface area contributed by atoms with Crippen LogP contribution < -0.4 is 0 Å². The monoisotopic (exact) mass is 306 g/mol. The van der Waals surface area contributed by atoms with Crippen molar-refractivity contribution in [3.8, 4) is 0 Å². The Labute approximate surface area is 112 Å². The summed E-state index contributed by atoms with van der Waals surface area (Å²) in [6, 6.07) is 0. The fourth-order valence-corrected chi connectivity index (χ4v) is 3.00. The summed E-state index contributed by atoms with van der Waals surface area (Å²) in [5.41, 5.74) is -0.307. The van der Waals surface area contributed by atoms with Gasteiger partial charge in [0.1, 0.15) is 6.10 Å². The summed E-state index contributed by atoms with van der Waals surface area (Å²) in [4.78, 5) is 11.9. The molecule has 0 saturated carbocycles. The second kappa shape index (κ2) is 5.70. The number of esters is 1. The fourth-order valence-electron chi connectivity index (χ4n) is 1.93. The predicted molar refractivity (Wildman–Crippen MR) is 71.3 cm³/mol. The quantitative estimate of drug-likeness (QED) is 0.590. The molecule has 0 spiro atoms. The smallest absolute Gasteiger partial charge is 0.335 e. The first kappa shape index (κ1) is 15.0. The lowest BCUT2D eigenvalue weighted by Crippen LogP contribution is -2.30. The minimum atomic E-state index is -0.410. The number of carbonyl (C=O) groups excluding carboxylic acids is 1. The lowest BCUT2D eigenvalue weighted by atomic mass is 10.0. The van der Waals surface area contributed by atoms with Crippen LogP contribution in [0.3, 0.4) is 0 Å². The third kappa shape index (κ3) is 4.96. The summed E-state index contributed by atoms with van der Waals surface area (Å²) in [6.45, 7) is 10.2. The second-order valence-corrected chi connectivity index (χ2v) is 7.25. The van der Waals surface area contributed by atoms with Crippen molar-refractivity contribution in [2.24, 2.45) is 5.92 Å². The highest BCUT2D eigenvalue weighted by Gasteiger charge is 2.40. The molecule has 0 unspecified atom stereocenters. The average Bonchev–Trinajstić information content (AvgIpc) is 2.44. The van der Waals surface area contributed by atoms with Gasteiger partial charge in [-0.05, 0) is 33.1 Å². The highest BCUT2D eigenvalue weighted by Crippen LogP contribution is 2.30. The van der Waals surface area contributed by atoms with Gasteiger partial charge in [-0.3, -0.25) is 0 Å². The predicted octanol–water partition coefficient (Wildman–Crippen LogP) is 3.30. The van der Waals surface area contributed by atoms with Gasteiger partial charge >= 0.3 is 5.97 Å². The maximum atomic E-state index is 11.7. The lowest BCUT2D eigenvalue weighted by molar-refractivity contribution is -0.156. The van der Waals surface area contributed by atoms with E-state index < -0.39 is 6.10 Å².